The van der Waals surface area contributed by atoms with Crippen LogP contribution in [0.25, 0.3) is 0 Å². The first-order valence-corrected chi connectivity index (χ1v) is 6.49. The smallest absolute Gasteiger partial charge is 0.129 e. The van der Waals surface area contributed by atoms with E-state index in [-0.39, 0.29) is 0 Å². The summed E-state index contributed by atoms with van der Waals surface area (Å²) < 4.78 is 0. The van der Waals surface area contributed by atoms with Crippen molar-refractivity contribution in [2.45, 2.75) is 39.1 Å². The molecule has 0 fully saturated rings. The van der Waals surface area contributed by atoms with Gasteiger partial charge in [0.1, 0.15) is 5.82 Å². The van der Waals surface area contributed by atoms with Gasteiger partial charge in [0.05, 0.1) is 16.6 Å². The van der Waals surface area contributed by atoms with E-state index in [2.05, 4.69) is 30.7 Å². The van der Waals surface area contributed by atoms with Gasteiger partial charge in [0.2, 0.25) is 0 Å². The number of aromatic nitrogens is 1. The summed E-state index contributed by atoms with van der Waals surface area (Å²) in [6, 6.07) is 4.25. The fraction of sp³-hybridized carbons (Fsp3) is 0.583. The maximum absolute atomic E-state index is 5.99. The molecule has 1 aromatic heterocycles. The highest BCUT2D eigenvalue weighted by molar-refractivity contribution is 6.32. The maximum atomic E-state index is 5.99. The number of hydrogen-bond acceptors (Lipinski definition) is 2. The van der Waals surface area contributed by atoms with E-state index < -0.39 is 0 Å². The molecule has 0 radical (unpaired) electrons. The van der Waals surface area contributed by atoms with Crippen LogP contribution in [0.3, 0.4) is 0 Å². The summed E-state index contributed by atoms with van der Waals surface area (Å²) in [6.45, 7) is 7.47. The lowest BCUT2D eigenvalue weighted by atomic mass is 10.2. The van der Waals surface area contributed by atoms with Gasteiger partial charge < -0.3 is 4.90 Å². The topological polar surface area (TPSA) is 16.1 Å². The van der Waals surface area contributed by atoms with Gasteiger partial charge >= 0.3 is 0 Å². The van der Waals surface area contributed by atoms with Crippen molar-refractivity contribution in [2.24, 2.45) is 0 Å². The van der Waals surface area contributed by atoms with Crippen molar-refractivity contribution < 1.29 is 0 Å². The molecule has 0 amide bonds. The van der Waals surface area contributed by atoms with Crippen LogP contribution in [0.15, 0.2) is 12.1 Å². The van der Waals surface area contributed by atoms with E-state index in [0.717, 1.165) is 24.5 Å². The van der Waals surface area contributed by atoms with E-state index in [1.807, 2.05) is 12.1 Å². The Bertz CT molecular complexity index is 340. The minimum atomic E-state index is 0.352. The normalized spacial score (nSPS) is 10.9. The quantitative estimate of drug-likeness (QED) is 0.742. The maximum Gasteiger partial charge on any atom is 0.129 e. The molecular weight excluding hydrogens is 243 g/mol. The van der Waals surface area contributed by atoms with Crippen LogP contribution in [-0.2, 0) is 5.88 Å². The Morgan fingerprint density at radius 3 is 2.56 bits per heavy atom. The van der Waals surface area contributed by atoms with Crippen LogP contribution >= 0.6 is 23.2 Å². The number of hydrogen-bond donors (Lipinski definition) is 0. The summed E-state index contributed by atoms with van der Waals surface area (Å²) in [4.78, 5) is 6.75. The minimum Gasteiger partial charge on any atom is -0.354 e. The lowest BCUT2D eigenvalue weighted by Crippen LogP contribution is -2.32. The van der Waals surface area contributed by atoms with E-state index in [9.17, 15) is 0 Å². The molecule has 0 unspecified atom stereocenters. The summed E-state index contributed by atoms with van der Waals surface area (Å²) >= 11 is 11.8. The van der Waals surface area contributed by atoms with Crippen LogP contribution in [0, 0.1) is 0 Å². The van der Waals surface area contributed by atoms with Crippen molar-refractivity contribution in [1.82, 2.24) is 4.98 Å². The second-order valence-corrected chi connectivity index (χ2v) is 4.69. The summed E-state index contributed by atoms with van der Waals surface area (Å²) in [5, 5.41) is 0.638. The van der Waals surface area contributed by atoms with Crippen molar-refractivity contribution >= 4 is 29.0 Å². The van der Waals surface area contributed by atoms with Gasteiger partial charge in [-0.05, 0) is 32.4 Å². The average Bonchev–Trinajstić information content (AvgIpc) is 2.26. The van der Waals surface area contributed by atoms with Gasteiger partial charge in [-0.3, -0.25) is 0 Å². The largest absolute Gasteiger partial charge is 0.354 e. The molecule has 1 heterocycles. The first-order chi connectivity index (χ1) is 7.60. The second kappa shape index (κ2) is 6.31. The zero-order valence-electron chi connectivity index (χ0n) is 10.0. The van der Waals surface area contributed by atoms with Crippen molar-refractivity contribution in [3.05, 3.63) is 22.8 Å². The molecule has 0 saturated carbocycles. The standard InChI is InChI=1S/C12H18Cl2N2/c1-4-7-16(9(2)3)12-6-5-10(14)11(8-13)15-12/h5-6,9H,4,7-8H2,1-3H3. The summed E-state index contributed by atoms with van der Waals surface area (Å²) in [7, 11) is 0. The molecule has 2 nitrogen and oxygen atoms in total. The summed E-state index contributed by atoms with van der Waals surface area (Å²) in [6.07, 6.45) is 1.10. The fourth-order valence-electron chi connectivity index (χ4n) is 1.60. The highest BCUT2D eigenvalue weighted by Crippen LogP contribution is 2.22. The third-order valence-corrected chi connectivity index (χ3v) is 3.01. The van der Waals surface area contributed by atoms with Gasteiger partial charge in [0.15, 0.2) is 0 Å². The van der Waals surface area contributed by atoms with Gasteiger partial charge in [-0.15, -0.1) is 11.6 Å². The van der Waals surface area contributed by atoms with Gasteiger partial charge in [0.25, 0.3) is 0 Å². The third-order valence-electron chi connectivity index (χ3n) is 2.41. The number of alkyl halides is 1. The Morgan fingerprint density at radius 2 is 2.06 bits per heavy atom. The first kappa shape index (κ1) is 13.6. The Morgan fingerprint density at radius 1 is 1.38 bits per heavy atom. The number of halogens is 2. The van der Waals surface area contributed by atoms with Crippen molar-refractivity contribution in [3.63, 3.8) is 0 Å². The van der Waals surface area contributed by atoms with Gasteiger partial charge in [-0.25, -0.2) is 4.98 Å². The molecule has 16 heavy (non-hydrogen) atoms. The minimum absolute atomic E-state index is 0.352. The predicted molar refractivity (Wildman–Crippen MR) is 71.6 cm³/mol. The monoisotopic (exact) mass is 260 g/mol. The summed E-state index contributed by atoms with van der Waals surface area (Å²) in [5.41, 5.74) is 0.752. The molecule has 4 heteroatoms. The molecule has 0 aliphatic rings. The highest BCUT2D eigenvalue weighted by Gasteiger charge is 2.12. The van der Waals surface area contributed by atoms with Crippen LogP contribution in [0.1, 0.15) is 32.9 Å². The zero-order valence-corrected chi connectivity index (χ0v) is 11.5. The molecule has 0 bridgehead atoms. The van der Waals surface area contributed by atoms with Crippen molar-refractivity contribution in [3.8, 4) is 0 Å². The lowest BCUT2D eigenvalue weighted by Gasteiger charge is -2.27. The summed E-state index contributed by atoms with van der Waals surface area (Å²) in [5.74, 6) is 1.31. The Balaban J connectivity index is 3.00. The molecule has 0 aromatic carbocycles. The Kier molecular flexibility index (Phi) is 5.36. The number of rotatable bonds is 5. The molecule has 90 valence electrons. The molecule has 1 rings (SSSR count). The molecule has 0 aliphatic heterocycles. The van der Waals surface area contributed by atoms with Crippen molar-refractivity contribution in [2.75, 3.05) is 11.4 Å². The van der Waals surface area contributed by atoms with E-state index >= 15 is 0 Å². The number of pyridine rings is 1. The molecule has 0 atom stereocenters. The van der Waals surface area contributed by atoms with E-state index in [0.29, 0.717) is 16.9 Å². The molecule has 0 spiro atoms. The molecule has 0 N–H and O–H groups in total. The van der Waals surface area contributed by atoms with E-state index in [4.69, 9.17) is 23.2 Å². The SMILES string of the molecule is CCCN(c1ccc(Cl)c(CCl)n1)C(C)C. The zero-order chi connectivity index (χ0) is 12.1. The molecular formula is C12H18Cl2N2. The number of nitrogens with zero attached hydrogens (tertiary/aromatic N) is 2. The van der Waals surface area contributed by atoms with Crippen LogP contribution in [0.2, 0.25) is 5.02 Å². The lowest BCUT2D eigenvalue weighted by molar-refractivity contribution is 0.661. The van der Waals surface area contributed by atoms with Crippen LogP contribution in [0.5, 0.6) is 0 Å². The Hall–Kier alpha value is -0.470. The number of anilines is 1. The third kappa shape index (κ3) is 3.26. The fourth-order valence-corrected chi connectivity index (χ4v) is 2.05. The molecule has 0 saturated heterocycles. The first-order valence-electron chi connectivity index (χ1n) is 5.58. The van der Waals surface area contributed by atoms with Gasteiger partial charge in [-0.2, -0.15) is 0 Å². The van der Waals surface area contributed by atoms with Gasteiger partial charge in [-0.1, -0.05) is 18.5 Å². The average molecular weight is 261 g/mol. The molecule has 0 aliphatic carbocycles. The molecule has 1 aromatic rings. The van der Waals surface area contributed by atoms with E-state index in [1.165, 1.54) is 0 Å². The predicted octanol–water partition coefficient (Wildman–Crippen LogP) is 4.10. The van der Waals surface area contributed by atoms with Crippen LogP contribution in [0.4, 0.5) is 5.82 Å². The van der Waals surface area contributed by atoms with Crippen LogP contribution in [-0.4, -0.2) is 17.6 Å². The van der Waals surface area contributed by atoms with Gasteiger partial charge in [0, 0.05) is 12.6 Å². The van der Waals surface area contributed by atoms with Crippen molar-refractivity contribution in [1.29, 1.82) is 0 Å². The van der Waals surface area contributed by atoms with E-state index in [1.54, 1.807) is 0 Å². The highest BCUT2D eigenvalue weighted by atomic mass is 35.5. The second-order valence-electron chi connectivity index (χ2n) is 4.02. The van der Waals surface area contributed by atoms with Crippen LogP contribution < -0.4 is 4.90 Å². The Labute approximate surface area is 108 Å².